The van der Waals surface area contributed by atoms with Crippen LogP contribution in [0.2, 0.25) is 0 Å². The molecule has 0 nitrogen and oxygen atoms in total. The van der Waals surface area contributed by atoms with Crippen LogP contribution in [-0.2, 0) is 11.8 Å². The van der Waals surface area contributed by atoms with Crippen LogP contribution in [0.15, 0.2) is 24.3 Å². The fourth-order valence-electron chi connectivity index (χ4n) is 1.15. The maximum Gasteiger partial charge on any atom is 0.430 e. The molecule has 84 valence electrons. The molecule has 1 aromatic carbocycles. The number of alkyl halides is 4. The molecule has 0 aliphatic heterocycles. The Balaban J connectivity index is 3.06. The molecule has 0 heterocycles. The summed E-state index contributed by atoms with van der Waals surface area (Å²) in [5, 5.41) is -3.36. The van der Waals surface area contributed by atoms with Crippen LogP contribution in [0.3, 0.4) is 0 Å². The van der Waals surface area contributed by atoms with Crippen molar-refractivity contribution in [2.45, 2.75) is 24.9 Å². The molecule has 2 unspecified atom stereocenters. The summed E-state index contributed by atoms with van der Waals surface area (Å²) >= 11 is 0. The predicted molar refractivity (Wildman–Crippen MR) is 54.4 cm³/mol. The van der Waals surface area contributed by atoms with Gasteiger partial charge in [-0.25, -0.2) is 4.39 Å². The third kappa shape index (κ3) is 2.49. The van der Waals surface area contributed by atoms with Crippen LogP contribution in [0.25, 0.3) is 0 Å². The third-order valence-corrected chi connectivity index (χ3v) is 2.86. The molecule has 0 amide bonds. The maximum atomic E-state index is 13.4. The Hall–Kier alpha value is -0.630. The van der Waals surface area contributed by atoms with E-state index in [4.69, 9.17) is 0 Å². The molecule has 0 saturated carbocycles. The quantitative estimate of drug-likeness (QED) is 0.543. The molecular formula is C10H11F4P. The van der Waals surface area contributed by atoms with Crippen molar-refractivity contribution >= 4 is 9.24 Å². The molecule has 1 rings (SSSR count). The summed E-state index contributed by atoms with van der Waals surface area (Å²) in [6.45, 7) is 1.88. The number of aryl methyl sites for hydroxylation is 1. The van der Waals surface area contributed by atoms with Gasteiger partial charge in [0.25, 0.3) is 0 Å². The van der Waals surface area contributed by atoms with Crippen molar-refractivity contribution in [3.05, 3.63) is 35.4 Å². The average Bonchev–Trinajstić information content (AvgIpc) is 2.16. The predicted octanol–water partition coefficient (Wildman–Crippen LogP) is 3.81. The van der Waals surface area contributed by atoms with Gasteiger partial charge in [-0.2, -0.15) is 13.2 Å². The molecule has 0 spiro atoms. The van der Waals surface area contributed by atoms with Crippen LogP contribution in [0.4, 0.5) is 17.6 Å². The first-order valence-electron chi connectivity index (χ1n) is 4.43. The van der Waals surface area contributed by atoms with Gasteiger partial charge >= 0.3 is 6.18 Å². The van der Waals surface area contributed by atoms with Gasteiger partial charge in [0.05, 0.1) is 0 Å². The minimum absolute atomic E-state index is 0.391. The number of benzene rings is 1. The number of rotatable bonds is 2. The molecule has 0 aliphatic carbocycles. The van der Waals surface area contributed by atoms with Gasteiger partial charge in [-0.05, 0) is 12.0 Å². The average molecular weight is 238 g/mol. The van der Waals surface area contributed by atoms with E-state index in [9.17, 15) is 17.6 Å². The first-order chi connectivity index (χ1) is 6.79. The van der Waals surface area contributed by atoms with Crippen molar-refractivity contribution < 1.29 is 17.6 Å². The smallest absolute Gasteiger partial charge is 0.224 e. The Labute approximate surface area is 87.9 Å². The summed E-state index contributed by atoms with van der Waals surface area (Å²) in [4.78, 5) is 0. The minimum Gasteiger partial charge on any atom is -0.224 e. The van der Waals surface area contributed by atoms with Gasteiger partial charge in [0.15, 0.2) is 0 Å². The number of hydrogen-bond donors (Lipinski definition) is 0. The number of halogens is 4. The van der Waals surface area contributed by atoms with Gasteiger partial charge in [-0.1, -0.05) is 40.4 Å². The molecular weight excluding hydrogens is 227 g/mol. The summed E-state index contributed by atoms with van der Waals surface area (Å²) in [5.74, 6) is 0. The van der Waals surface area contributed by atoms with Gasteiger partial charge in [-0.3, -0.25) is 0 Å². The lowest BCUT2D eigenvalue weighted by Crippen LogP contribution is -2.31. The topological polar surface area (TPSA) is 0 Å². The lowest BCUT2D eigenvalue weighted by atomic mass is 10.1. The van der Waals surface area contributed by atoms with Crippen molar-refractivity contribution in [3.63, 3.8) is 0 Å². The Morgan fingerprint density at radius 1 is 1.07 bits per heavy atom. The molecule has 0 aromatic heterocycles. The zero-order valence-corrected chi connectivity index (χ0v) is 9.26. The highest BCUT2D eigenvalue weighted by Gasteiger charge is 2.53. The van der Waals surface area contributed by atoms with E-state index in [-0.39, 0.29) is 0 Å². The second-order valence-electron chi connectivity index (χ2n) is 3.26. The van der Waals surface area contributed by atoms with Gasteiger partial charge < -0.3 is 0 Å². The summed E-state index contributed by atoms with van der Waals surface area (Å²) in [5.41, 5.74) is 0.485. The zero-order valence-electron chi connectivity index (χ0n) is 8.11. The Kier molecular flexibility index (Phi) is 3.39. The Morgan fingerprint density at radius 2 is 1.53 bits per heavy atom. The zero-order chi connectivity index (χ0) is 11.7. The van der Waals surface area contributed by atoms with E-state index in [1.807, 2.05) is 6.92 Å². The van der Waals surface area contributed by atoms with Crippen molar-refractivity contribution in [2.75, 3.05) is 0 Å². The van der Waals surface area contributed by atoms with E-state index in [0.717, 1.165) is 5.56 Å². The van der Waals surface area contributed by atoms with Crippen molar-refractivity contribution in [3.8, 4) is 0 Å². The standard InChI is InChI=1S/C10H11F4P/c1-2-7-3-5-8(6-4-7)9(11,15)10(12,13)14/h3-6H,2,15H2,1H3. The van der Waals surface area contributed by atoms with Crippen LogP contribution < -0.4 is 0 Å². The van der Waals surface area contributed by atoms with Gasteiger partial charge in [0.2, 0.25) is 5.41 Å². The van der Waals surface area contributed by atoms with E-state index in [1.165, 1.54) is 33.5 Å². The highest BCUT2D eigenvalue weighted by atomic mass is 31.0. The van der Waals surface area contributed by atoms with Gasteiger partial charge in [-0.15, -0.1) is 0 Å². The molecule has 0 radical (unpaired) electrons. The Morgan fingerprint density at radius 3 is 1.87 bits per heavy atom. The highest BCUT2D eigenvalue weighted by Crippen LogP contribution is 2.47. The van der Waals surface area contributed by atoms with E-state index >= 15 is 0 Å². The molecule has 0 saturated heterocycles. The molecule has 15 heavy (non-hydrogen) atoms. The van der Waals surface area contributed by atoms with Crippen molar-refractivity contribution in [1.82, 2.24) is 0 Å². The van der Waals surface area contributed by atoms with Gasteiger partial charge in [0.1, 0.15) is 0 Å². The van der Waals surface area contributed by atoms with Crippen LogP contribution in [0, 0.1) is 0 Å². The molecule has 0 N–H and O–H groups in total. The van der Waals surface area contributed by atoms with Crippen LogP contribution in [0.5, 0.6) is 0 Å². The van der Waals surface area contributed by atoms with Crippen molar-refractivity contribution in [2.24, 2.45) is 0 Å². The first-order valence-corrected chi connectivity index (χ1v) is 5.00. The van der Waals surface area contributed by atoms with E-state index in [0.29, 0.717) is 6.42 Å². The number of hydrogen-bond acceptors (Lipinski definition) is 0. The van der Waals surface area contributed by atoms with E-state index in [1.54, 1.807) is 0 Å². The van der Waals surface area contributed by atoms with Crippen LogP contribution >= 0.6 is 9.24 Å². The highest BCUT2D eigenvalue weighted by molar-refractivity contribution is 7.18. The summed E-state index contributed by atoms with van der Waals surface area (Å²) in [6.07, 6.45) is -4.20. The molecule has 0 fully saturated rings. The maximum absolute atomic E-state index is 13.4. The van der Waals surface area contributed by atoms with Gasteiger partial charge in [0, 0.05) is 5.56 Å². The fraction of sp³-hybridized carbons (Fsp3) is 0.400. The molecule has 5 heteroatoms. The van der Waals surface area contributed by atoms with Crippen molar-refractivity contribution in [1.29, 1.82) is 0 Å². The van der Waals surface area contributed by atoms with E-state index < -0.39 is 17.1 Å². The lowest BCUT2D eigenvalue weighted by Gasteiger charge is -2.23. The first kappa shape index (κ1) is 12.4. The normalized spacial score (nSPS) is 16.1. The van der Waals surface area contributed by atoms with E-state index in [2.05, 4.69) is 0 Å². The fourth-order valence-corrected chi connectivity index (χ4v) is 1.34. The molecule has 0 aliphatic rings. The molecule has 0 bridgehead atoms. The largest absolute Gasteiger partial charge is 0.430 e. The summed E-state index contributed by atoms with van der Waals surface area (Å²) in [6, 6.07) is 5.33. The summed E-state index contributed by atoms with van der Waals surface area (Å²) in [7, 11) is 1.22. The van der Waals surface area contributed by atoms with Crippen LogP contribution in [-0.4, -0.2) is 6.18 Å². The Bertz CT molecular complexity index is 326. The molecule has 1 aromatic rings. The van der Waals surface area contributed by atoms with Crippen LogP contribution in [0.1, 0.15) is 18.1 Å². The second kappa shape index (κ2) is 4.09. The SMILES string of the molecule is CCc1ccc(C(F)(P)C(F)(F)F)cc1. The second-order valence-corrected chi connectivity index (χ2v) is 4.06. The lowest BCUT2D eigenvalue weighted by molar-refractivity contribution is -0.199. The monoisotopic (exact) mass is 238 g/mol. The molecule has 2 atom stereocenters. The third-order valence-electron chi connectivity index (χ3n) is 2.19. The minimum atomic E-state index is -4.91. The summed E-state index contributed by atoms with van der Waals surface area (Å²) < 4.78 is 50.3.